The van der Waals surface area contributed by atoms with Crippen LogP contribution >= 0.6 is 0 Å². The Bertz CT molecular complexity index is 1170. The molecule has 424 valence electrons. The zero-order valence-electron chi connectivity index (χ0n) is 48.4. The first kappa shape index (κ1) is 70.1. The van der Waals surface area contributed by atoms with Crippen molar-refractivity contribution in [2.24, 2.45) is 0 Å². The maximum absolute atomic E-state index is 12.5. The Kier molecular flexibility index (Phi) is 60.0. The molecule has 0 aromatic heterocycles. The highest BCUT2D eigenvalue weighted by atomic mass is 16.5. The highest BCUT2D eigenvalue weighted by molar-refractivity contribution is 5.76. The first-order chi connectivity index (χ1) is 35.5. The van der Waals surface area contributed by atoms with Gasteiger partial charge in [0.15, 0.2) is 0 Å². The van der Waals surface area contributed by atoms with Crippen LogP contribution in [0.25, 0.3) is 0 Å². The van der Waals surface area contributed by atoms with E-state index in [1.54, 1.807) is 0 Å². The standard InChI is InChI=1S/C66H125NO5/c1-3-5-7-9-11-13-15-17-19-20-24-27-31-34-38-42-46-50-54-58-64(69)63(62-68)67-65(70)59-55-51-47-43-39-35-32-28-25-22-21-23-26-29-33-37-41-45-49-53-57-61-72-66(71)60-56-52-48-44-40-36-30-18-16-14-12-10-8-6-4-2/h18,30,37,41,49,53,63-64,68-69H,3-17,19-29,31-36,38-40,42-48,50-52,54-62H2,1-2H3,(H,67,70)/b30-18-,41-37-,53-49-. The number of rotatable bonds is 60. The average molecular weight is 1010 g/mol. The van der Waals surface area contributed by atoms with Crippen molar-refractivity contribution in [3.8, 4) is 0 Å². The predicted octanol–water partition coefficient (Wildman–Crippen LogP) is 20.4. The van der Waals surface area contributed by atoms with Crippen LogP contribution in [0.4, 0.5) is 0 Å². The van der Waals surface area contributed by atoms with Crippen molar-refractivity contribution < 1.29 is 24.5 Å². The fraction of sp³-hybridized carbons (Fsp3) is 0.879. The van der Waals surface area contributed by atoms with Gasteiger partial charge in [-0.15, -0.1) is 0 Å². The summed E-state index contributed by atoms with van der Waals surface area (Å²) >= 11 is 0. The summed E-state index contributed by atoms with van der Waals surface area (Å²) in [6.45, 7) is 4.86. The van der Waals surface area contributed by atoms with Gasteiger partial charge in [0, 0.05) is 12.8 Å². The second kappa shape index (κ2) is 61.6. The summed E-state index contributed by atoms with van der Waals surface area (Å²) in [5, 5.41) is 23.4. The molecule has 0 aromatic rings. The number of nitrogens with one attached hydrogen (secondary N) is 1. The van der Waals surface area contributed by atoms with Crippen molar-refractivity contribution >= 4 is 11.9 Å². The van der Waals surface area contributed by atoms with Crippen molar-refractivity contribution in [2.45, 2.75) is 360 Å². The SMILES string of the molecule is CCCCCCCC/C=C\CCCCCCCC(=O)OCC/C=C\C/C=C\CCCCCCCCCCCCCCCCC(=O)NC(CO)C(O)CCCCCCCCCCCCCCCCCCCCC. The van der Waals surface area contributed by atoms with Gasteiger partial charge in [0.05, 0.1) is 25.4 Å². The number of carbonyl (C=O) groups excluding carboxylic acids is 2. The Hall–Kier alpha value is -1.92. The van der Waals surface area contributed by atoms with E-state index in [4.69, 9.17) is 4.74 Å². The minimum atomic E-state index is -0.669. The molecule has 72 heavy (non-hydrogen) atoms. The molecular weight excluding hydrogens is 887 g/mol. The van der Waals surface area contributed by atoms with Crippen LogP contribution in [-0.4, -0.2) is 47.4 Å². The molecule has 0 fully saturated rings. The first-order valence-electron chi connectivity index (χ1n) is 32.2. The van der Waals surface area contributed by atoms with Gasteiger partial charge in [0.1, 0.15) is 0 Å². The van der Waals surface area contributed by atoms with Crippen LogP contribution in [0.15, 0.2) is 36.5 Å². The molecule has 0 saturated heterocycles. The summed E-state index contributed by atoms with van der Waals surface area (Å²) in [5.74, 6) is -0.0799. The largest absolute Gasteiger partial charge is 0.465 e. The van der Waals surface area contributed by atoms with Crippen LogP contribution in [-0.2, 0) is 14.3 Å². The first-order valence-corrected chi connectivity index (χ1v) is 32.2. The van der Waals surface area contributed by atoms with Gasteiger partial charge >= 0.3 is 5.97 Å². The lowest BCUT2D eigenvalue weighted by Crippen LogP contribution is -2.45. The van der Waals surface area contributed by atoms with E-state index in [1.165, 1.54) is 263 Å². The summed E-state index contributed by atoms with van der Waals surface area (Å²) in [6.07, 6.45) is 77.4. The van der Waals surface area contributed by atoms with E-state index in [1.807, 2.05) is 0 Å². The number of amides is 1. The van der Waals surface area contributed by atoms with Crippen molar-refractivity contribution in [3.05, 3.63) is 36.5 Å². The number of hydrogen-bond donors (Lipinski definition) is 3. The normalized spacial score (nSPS) is 12.8. The molecule has 6 nitrogen and oxygen atoms in total. The number of unbranched alkanes of at least 4 members (excludes halogenated alkanes) is 43. The molecule has 0 aliphatic heterocycles. The Morgan fingerprint density at radius 1 is 0.389 bits per heavy atom. The van der Waals surface area contributed by atoms with E-state index < -0.39 is 12.1 Å². The Morgan fingerprint density at radius 3 is 1.07 bits per heavy atom. The van der Waals surface area contributed by atoms with Gasteiger partial charge in [0.25, 0.3) is 0 Å². The number of hydrogen-bond acceptors (Lipinski definition) is 5. The second-order valence-corrected chi connectivity index (χ2v) is 22.1. The summed E-state index contributed by atoms with van der Waals surface area (Å²) in [5.41, 5.74) is 0. The maximum atomic E-state index is 12.5. The van der Waals surface area contributed by atoms with E-state index in [0.717, 1.165) is 51.4 Å². The monoisotopic (exact) mass is 1010 g/mol. The number of aliphatic hydroxyl groups is 2. The number of esters is 1. The summed E-state index contributed by atoms with van der Waals surface area (Å²) in [4.78, 5) is 24.5. The fourth-order valence-electron chi connectivity index (χ4n) is 10.0. The van der Waals surface area contributed by atoms with Crippen LogP contribution in [0, 0.1) is 0 Å². The van der Waals surface area contributed by atoms with Crippen LogP contribution in [0.2, 0.25) is 0 Å². The molecule has 0 saturated carbocycles. The van der Waals surface area contributed by atoms with Crippen LogP contribution < -0.4 is 5.32 Å². The lowest BCUT2D eigenvalue weighted by Gasteiger charge is -2.22. The Balaban J connectivity index is 3.45. The predicted molar refractivity (Wildman–Crippen MR) is 315 cm³/mol. The molecule has 3 N–H and O–H groups in total. The molecule has 0 spiro atoms. The average Bonchev–Trinajstić information content (AvgIpc) is 3.38. The third-order valence-corrected chi connectivity index (χ3v) is 14.9. The highest BCUT2D eigenvalue weighted by Gasteiger charge is 2.20. The smallest absolute Gasteiger partial charge is 0.305 e. The van der Waals surface area contributed by atoms with E-state index >= 15 is 0 Å². The van der Waals surface area contributed by atoms with E-state index in [9.17, 15) is 19.8 Å². The molecule has 0 aromatic carbocycles. The molecular formula is C66H125NO5. The maximum Gasteiger partial charge on any atom is 0.305 e. The molecule has 0 aliphatic rings. The summed E-state index contributed by atoms with van der Waals surface area (Å²) in [7, 11) is 0. The van der Waals surface area contributed by atoms with Crippen molar-refractivity contribution in [1.29, 1.82) is 0 Å². The summed E-state index contributed by atoms with van der Waals surface area (Å²) in [6, 6.07) is -0.546. The molecule has 1 amide bonds. The Morgan fingerprint density at radius 2 is 0.694 bits per heavy atom. The van der Waals surface area contributed by atoms with Gasteiger partial charge in [-0.25, -0.2) is 0 Å². The number of carbonyl (C=O) groups is 2. The number of aliphatic hydroxyl groups excluding tert-OH is 2. The van der Waals surface area contributed by atoms with Gasteiger partial charge in [-0.05, 0) is 70.6 Å². The number of ether oxygens (including phenoxy) is 1. The van der Waals surface area contributed by atoms with E-state index in [0.29, 0.717) is 25.9 Å². The fourth-order valence-corrected chi connectivity index (χ4v) is 10.0. The lowest BCUT2D eigenvalue weighted by molar-refractivity contribution is -0.143. The van der Waals surface area contributed by atoms with Gasteiger partial charge in [0.2, 0.25) is 5.91 Å². The molecule has 0 heterocycles. The zero-order valence-corrected chi connectivity index (χ0v) is 48.4. The molecule has 2 unspecified atom stereocenters. The van der Waals surface area contributed by atoms with E-state index in [2.05, 4.69) is 55.6 Å². The second-order valence-electron chi connectivity index (χ2n) is 22.1. The van der Waals surface area contributed by atoms with Gasteiger partial charge in [-0.3, -0.25) is 9.59 Å². The van der Waals surface area contributed by atoms with Crippen LogP contribution in [0.3, 0.4) is 0 Å². The number of allylic oxidation sites excluding steroid dienone is 5. The zero-order chi connectivity index (χ0) is 52.2. The molecule has 0 radical (unpaired) electrons. The van der Waals surface area contributed by atoms with Gasteiger partial charge in [-0.1, -0.05) is 301 Å². The minimum absolute atomic E-state index is 0.0371. The van der Waals surface area contributed by atoms with Crippen molar-refractivity contribution in [2.75, 3.05) is 13.2 Å². The molecule has 0 bridgehead atoms. The van der Waals surface area contributed by atoms with Crippen LogP contribution in [0.5, 0.6) is 0 Å². The minimum Gasteiger partial charge on any atom is -0.465 e. The molecule has 0 aliphatic carbocycles. The van der Waals surface area contributed by atoms with Crippen molar-refractivity contribution in [3.63, 3.8) is 0 Å². The topological polar surface area (TPSA) is 95.9 Å². The van der Waals surface area contributed by atoms with E-state index in [-0.39, 0.29) is 18.5 Å². The van der Waals surface area contributed by atoms with Gasteiger partial charge < -0.3 is 20.3 Å². The molecule has 2 atom stereocenters. The third kappa shape index (κ3) is 57.4. The molecule has 6 heteroatoms. The lowest BCUT2D eigenvalue weighted by atomic mass is 10.0. The molecule has 0 rings (SSSR count). The highest BCUT2D eigenvalue weighted by Crippen LogP contribution is 2.18. The third-order valence-electron chi connectivity index (χ3n) is 14.9. The Labute approximate surface area is 449 Å². The van der Waals surface area contributed by atoms with Crippen LogP contribution in [0.1, 0.15) is 348 Å². The van der Waals surface area contributed by atoms with Crippen molar-refractivity contribution in [1.82, 2.24) is 5.32 Å². The quantitative estimate of drug-likeness (QED) is 0.0320. The van der Waals surface area contributed by atoms with Gasteiger partial charge in [-0.2, -0.15) is 0 Å². The summed E-state index contributed by atoms with van der Waals surface area (Å²) < 4.78 is 5.42.